The van der Waals surface area contributed by atoms with Crippen LogP contribution in [0.1, 0.15) is 55.8 Å². The van der Waals surface area contributed by atoms with E-state index in [0.29, 0.717) is 44.0 Å². The molecule has 1 atom stereocenters. The molecule has 6 heteroatoms. The van der Waals surface area contributed by atoms with Crippen LogP contribution in [-0.4, -0.2) is 47.4 Å². The third-order valence-corrected chi connectivity index (χ3v) is 4.13. The van der Waals surface area contributed by atoms with Crippen molar-refractivity contribution in [2.45, 2.75) is 51.4 Å². The van der Waals surface area contributed by atoms with E-state index in [2.05, 4.69) is 4.98 Å². The number of nitrogens with zero attached hydrogens (tertiary/aromatic N) is 2. The van der Waals surface area contributed by atoms with Crippen LogP contribution in [0.3, 0.4) is 0 Å². The van der Waals surface area contributed by atoms with Crippen molar-refractivity contribution < 1.29 is 18.7 Å². The molecule has 0 aromatic carbocycles. The number of likely N-dealkylation sites (tertiary alicyclic amines) is 1. The number of piperidine rings is 1. The molecule has 2 fully saturated rings. The van der Waals surface area contributed by atoms with E-state index < -0.39 is 5.79 Å². The zero-order valence-electron chi connectivity index (χ0n) is 12.8. The minimum atomic E-state index is -0.485. The van der Waals surface area contributed by atoms with Gasteiger partial charge < -0.3 is 18.8 Å². The second-order valence-electron chi connectivity index (χ2n) is 6.16. The van der Waals surface area contributed by atoms with Crippen LogP contribution in [0.25, 0.3) is 0 Å². The third kappa shape index (κ3) is 2.70. The Labute approximate surface area is 124 Å². The minimum Gasteiger partial charge on any atom is -0.447 e. The number of amides is 1. The molecule has 1 aromatic heterocycles. The molecule has 2 aliphatic heterocycles. The molecule has 1 amide bonds. The third-order valence-electron chi connectivity index (χ3n) is 4.13. The molecule has 3 rings (SSSR count). The van der Waals surface area contributed by atoms with Gasteiger partial charge in [0.1, 0.15) is 5.76 Å². The van der Waals surface area contributed by atoms with E-state index in [1.54, 1.807) is 0 Å². The van der Waals surface area contributed by atoms with Crippen LogP contribution in [0.4, 0.5) is 0 Å². The number of aromatic nitrogens is 1. The summed E-state index contributed by atoms with van der Waals surface area (Å²) in [6, 6.07) is 0. The Kier molecular flexibility index (Phi) is 3.75. The van der Waals surface area contributed by atoms with Gasteiger partial charge in [0.05, 0.1) is 12.7 Å². The number of carbonyl (C=O) groups excluding carboxylic acids is 1. The molecule has 6 nitrogen and oxygen atoms in total. The van der Waals surface area contributed by atoms with Crippen molar-refractivity contribution in [2.24, 2.45) is 0 Å². The maximum atomic E-state index is 12.6. The lowest BCUT2D eigenvalue weighted by Crippen LogP contribution is -2.47. The van der Waals surface area contributed by atoms with Gasteiger partial charge in [0.2, 0.25) is 0 Å². The summed E-state index contributed by atoms with van der Waals surface area (Å²) in [5, 5.41) is 0. The fraction of sp³-hybridized carbons (Fsp3) is 0.733. The van der Waals surface area contributed by atoms with Gasteiger partial charge in [0.25, 0.3) is 5.91 Å². The van der Waals surface area contributed by atoms with Gasteiger partial charge in [-0.3, -0.25) is 4.79 Å². The highest BCUT2D eigenvalue weighted by Gasteiger charge is 2.43. The summed E-state index contributed by atoms with van der Waals surface area (Å²) >= 11 is 0. The molecule has 0 radical (unpaired) electrons. The fourth-order valence-electron chi connectivity index (χ4n) is 2.99. The topological polar surface area (TPSA) is 64.8 Å². The van der Waals surface area contributed by atoms with Crippen LogP contribution < -0.4 is 0 Å². The van der Waals surface area contributed by atoms with Crippen LogP contribution >= 0.6 is 0 Å². The van der Waals surface area contributed by atoms with Crippen molar-refractivity contribution in [1.29, 1.82) is 0 Å². The molecular formula is C15H22N2O4. The Balaban J connectivity index is 1.67. The predicted molar refractivity (Wildman–Crippen MR) is 75.0 cm³/mol. The molecule has 0 saturated carbocycles. The average Bonchev–Trinajstić information content (AvgIpc) is 3.07. The van der Waals surface area contributed by atoms with Crippen molar-refractivity contribution in [3.8, 4) is 0 Å². The van der Waals surface area contributed by atoms with Crippen molar-refractivity contribution in [3.05, 3.63) is 17.8 Å². The summed E-state index contributed by atoms with van der Waals surface area (Å²) in [7, 11) is 0. The summed E-state index contributed by atoms with van der Waals surface area (Å²) in [6.07, 6.45) is 2.89. The van der Waals surface area contributed by atoms with Crippen LogP contribution in [-0.2, 0) is 9.47 Å². The summed E-state index contributed by atoms with van der Waals surface area (Å²) in [6.45, 7) is 7.87. The van der Waals surface area contributed by atoms with Gasteiger partial charge >= 0.3 is 0 Å². The van der Waals surface area contributed by atoms with Gasteiger partial charge in [-0.2, -0.15) is 0 Å². The minimum absolute atomic E-state index is 0.0617. The standard InChI is InChI=1S/C15H22N2O4/c1-10(2)13-12(16-9-19-13)14(18)17-6-4-15(5-7-17)20-8-11(3)21-15/h9-11H,4-8H2,1-3H3. The number of hydrogen-bond acceptors (Lipinski definition) is 5. The second-order valence-corrected chi connectivity index (χ2v) is 6.16. The summed E-state index contributed by atoms with van der Waals surface area (Å²) in [5.41, 5.74) is 0.433. The Bertz CT molecular complexity index is 517. The summed E-state index contributed by atoms with van der Waals surface area (Å²) in [5.74, 6) is 0.251. The molecule has 0 bridgehead atoms. The molecule has 21 heavy (non-hydrogen) atoms. The van der Waals surface area contributed by atoms with E-state index >= 15 is 0 Å². The Morgan fingerprint density at radius 2 is 2.14 bits per heavy atom. The van der Waals surface area contributed by atoms with E-state index in [0.717, 1.165) is 0 Å². The highest BCUT2D eigenvalue weighted by Crippen LogP contribution is 2.34. The molecule has 1 aromatic rings. The average molecular weight is 294 g/mol. The lowest BCUT2D eigenvalue weighted by atomic mass is 10.0. The molecular weight excluding hydrogens is 272 g/mol. The van der Waals surface area contributed by atoms with Gasteiger partial charge in [-0.25, -0.2) is 4.98 Å². The Hall–Kier alpha value is -1.40. The van der Waals surface area contributed by atoms with Gasteiger partial charge in [-0.1, -0.05) is 13.8 Å². The SMILES string of the molecule is CC1COC2(CCN(C(=O)c3ncoc3C(C)C)CC2)O1. The fourth-order valence-corrected chi connectivity index (χ4v) is 2.99. The molecule has 2 aliphatic rings. The normalized spacial score (nSPS) is 25.0. The number of hydrogen-bond donors (Lipinski definition) is 0. The van der Waals surface area contributed by atoms with Crippen molar-refractivity contribution in [1.82, 2.24) is 9.88 Å². The quantitative estimate of drug-likeness (QED) is 0.836. The zero-order valence-corrected chi connectivity index (χ0v) is 12.8. The smallest absolute Gasteiger partial charge is 0.276 e. The lowest BCUT2D eigenvalue weighted by Gasteiger charge is -2.37. The highest BCUT2D eigenvalue weighted by atomic mass is 16.7. The first kappa shape index (κ1) is 14.5. The van der Waals surface area contributed by atoms with Crippen LogP contribution in [0.15, 0.2) is 10.8 Å². The molecule has 0 aliphatic carbocycles. The Morgan fingerprint density at radius 3 is 2.71 bits per heavy atom. The zero-order chi connectivity index (χ0) is 15.0. The van der Waals surface area contributed by atoms with E-state index in [1.165, 1.54) is 6.39 Å². The molecule has 2 saturated heterocycles. The number of carbonyl (C=O) groups is 1. The predicted octanol–water partition coefficient (Wildman–Crippen LogP) is 2.17. The molecule has 0 N–H and O–H groups in total. The first-order chi connectivity index (χ1) is 10.0. The summed E-state index contributed by atoms with van der Waals surface area (Å²) < 4.78 is 17.0. The van der Waals surface area contributed by atoms with E-state index in [-0.39, 0.29) is 17.9 Å². The van der Waals surface area contributed by atoms with Crippen molar-refractivity contribution in [3.63, 3.8) is 0 Å². The van der Waals surface area contributed by atoms with Gasteiger partial charge in [0.15, 0.2) is 17.9 Å². The summed E-state index contributed by atoms with van der Waals surface area (Å²) in [4.78, 5) is 18.5. The molecule has 3 heterocycles. The molecule has 1 spiro atoms. The number of ether oxygens (including phenoxy) is 2. The van der Waals surface area contributed by atoms with Crippen molar-refractivity contribution >= 4 is 5.91 Å². The van der Waals surface area contributed by atoms with Crippen molar-refractivity contribution in [2.75, 3.05) is 19.7 Å². The van der Waals surface area contributed by atoms with Gasteiger partial charge in [-0.15, -0.1) is 0 Å². The van der Waals surface area contributed by atoms with E-state index in [1.807, 2.05) is 25.7 Å². The first-order valence-corrected chi connectivity index (χ1v) is 7.55. The van der Waals surface area contributed by atoms with E-state index in [4.69, 9.17) is 13.9 Å². The number of oxazole rings is 1. The van der Waals surface area contributed by atoms with Gasteiger partial charge in [0, 0.05) is 31.8 Å². The second kappa shape index (κ2) is 5.42. The van der Waals surface area contributed by atoms with Gasteiger partial charge in [-0.05, 0) is 6.92 Å². The maximum Gasteiger partial charge on any atom is 0.276 e. The monoisotopic (exact) mass is 294 g/mol. The Morgan fingerprint density at radius 1 is 1.43 bits per heavy atom. The molecule has 1 unspecified atom stereocenters. The van der Waals surface area contributed by atoms with Crippen LogP contribution in [0.2, 0.25) is 0 Å². The highest BCUT2D eigenvalue weighted by molar-refractivity contribution is 5.93. The molecule has 116 valence electrons. The largest absolute Gasteiger partial charge is 0.447 e. The lowest BCUT2D eigenvalue weighted by molar-refractivity contribution is -0.190. The maximum absolute atomic E-state index is 12.6. The van der Waals surface area contributed by atoms with E-state index in [9.17, 15) is 4.79 Å². The van der Waals surface area contributed by atoms with Crippen LogP contribution in [0, 0.1) is 0 Å². The first-order valence-electron chi connectivity index (χ1n) is 7.55. The number of rotatable bonds is 2. The van der Waals surface area contributed by atoms with Crippen LogP contribution in [0.5, 0.6) is 0 Å².